The van der Waals surface area contributed by atoms with Crippen molar-refractivity contribution in [3.05, 3.63) is 56.7 Å². The maximum absolute atomic E-state index is 13.3. The van der Waals surface area contributed by atoms with E-state index in [2.05, 4.69) is 0 Å². The second kappa shape index (κ2) is 8.75. The van der Waals surface area contributed by atoms with E-state index in [0.29, 0.717) is 23.3 Å². The van der Waals surface area contributed by atoms with Gasteiger partial charge in [0.25, 0.3) is 0 Å². The monoisotopic (exact) mass is 478 g/mol. The number of aryl methyl sites for hydroxylation is 1. The molecule has 0 aliphatic heterocycles. The molecule has 2 aromatic rings. The number of rotatable bonds is 6. The summed E-state index contributed by atoms with van der Waals surface area (Å²) in [6.07, 6.45) is -3.82. The average molecular weight is 478 g/mol. The van der Waals surface area contributed by atoms with E-state index < -0.39 is 17.7 Å². The van der Waals surface area contributed by atoms with Gasteiger partial charge in [0.2, 0.25) is 0 Å². The molecule has 2 aromatic carbocycles. The van der Waals surface area contributed by atoms with Crippen molar-refractivity contribution in [2.45, 2.75) is 39.5 Å². The van der Waals surface area contributed by atoms with Crippen LogP contribution in [0.1, 0.15) is 37.0 Å². The van der Waals surface area contributed by atoms with Crippen molar-refractivity contribution in [1.29, 1.82) is 0 Å². The van der Waals surface area contributed by atoms with E-state index in [1.54, 1.807) is 38.1 Å². The van der Waals surface area contributed by atoms with Crippen LogP contribution >= 0.6 is 22.6 Å². The fourth-order valence-corrected chi connectivity index (χ4v) is 2.89. The molecule has 7 heteroatoms. The first-order valence-electron chi connectivity index (χ1n) is 8.07. The van der Waals surface area contributed by atoms with Gasteiger partial charge in [-0.05, 0) is 58.8 Å². The second-order valence-corrected chi connectivity index (χ2v) is 6.68. The predicted molar refractivity (Wildman–Crippen MR) is 100 cm³/mol. The van der Waals surface area contributed by atoms with E-state index in [0.717, 1.165) is 9.64 Å². The maximum atomic E-state index is 13.3. The standard InChI is InChI=1S/C19H18F3IO3/c1-3-12-8-9-17(14(10-12)19(20,21)22)25-11-13-15(23)6-5-7-16(13)26-18(24)4-2/h5-10H,3-4,11H2,1-2H3. The summed E-state index contributed by atoms with van der Waals surface area (Å²) in [4.78, 5) is 11.6. The SMILES string of the molecule is CCC(=O)Oc1cccc(I)c1COc1ccc(CC)cc1C(F)(F)F. The number of esters is 1. The summed E-state index contributed by atoms with van der Waals surface area (Å²) in [7, 11) is 0. The smallest absolute Gasteiger partial charge is 0.419 e. The number of hydrogen-bond donors (Lipinski definition) is 0. The Morgan fingerprint density at radius 3 is 2.46 bits per heavy atom. The normalized spacial score (nSPS) is 11.3. The lowest BCUT2D eigenvalue weighted by Crippen LogP contribution is -2.12. The Labute approximate surface area is 163 Å². The van der Waals surface area contributed by atoms with E-state index in [9.17, 15) is 18.0 Å². The lowest BCUT2D eigenvalue weighted by molar-refractivity contribution is -0.139. The molecule has 0 spiro atoms. The molecule has 0 radical (unpaired) electrons. The Hall–Kier alpha value is -1.77. The van der Waals surface area contributed by atoms with Crippen LogP contribution < -0.4 is 9.47 Å². The van der Waals surface area contributed by atoms with Crippen molar-refractivity contribution in [1.82, 2.24) is 0 Å². The highest BCUT2D eigenvalue weighted by atomic mass is 127. The van der Waals surface area contributed by atoms with Gasteiger partial charge in [0, 0.05) is 15.6 Å². The molecule has 26 heavy (non-hydrogen) atoms. The highest BCUT2D eigenvalue weighted by Crippen LogP contribution is 2.38. The molecule has 0 saturated heterocycles. The minimum Gasteiger partial charge on any atom is -0.488 e. The number of alkyl halides is 3. The van der Waals surface area contributed by atoms with Gasteiger partial charge in [-0.3, -0.25) is 4.79 Å². The topological polar surface area (TPSA) is 35.5 Å². The molecule has 0 aliphatic carbocycles. The molecule has 140 valence electrons. The predicted octanol–water partition coefficient (Wildman–Crippen LogP) is 5.77. The van der Waals surface area contributed by atoms with E-state index in [1.165, 1.54) is 6.07 Å². The minimum absolute atomic E-state index is 0.139. The number of benzene rings is 2. The summed E-state index contributed by atoms with van der Waals surface area (Å²) in [5.74, 6) is -0.374. The van der Waals surface area contributed by atoms with Crippen LogP contribution in [-0.2, 0) is 24.0 Å². The first-order valence-corrected chi connectivity index (χ1v) is 9.15. The van der Waals surface area contributed by atoms with E-state index in [4.69, 9.17) is 9.47 Å². The molecule has 0 bridgehead atoms. The number of ether oxygens (including phenoxy) is 2. The second-order valence-electron chi connectivity index (χ2n) is 5.51. The molecule has 0 saturated carbocycles. The Bertz CT molecular complexity index is 788. The third kappa shape index (κ3) is 5.12. The first kappa shape index (κ1) is 20.5. The van der Waals surface area contributed by atoms with Gasteiger partial charge in [0.1, 0.15) is 18.1 Å². The van der Waals surface area contributed by atoms with E-state index in [-0.39, 0.29) is 18.8 Å². The van der Waals surface area contributed by atoms with Gasteiger partial charge >= 0.3 is 12.1 Å². The van der Waals surface area contributed by atoms with Crippen LogP contribution in [0, 0.1) is 3.57 Å². The fourth-order valence-electron chi connectivity index (χ4n) is 2.26. The summed E-state index contributed by atoms with van der Waals surface area (Å²) in [6.45, 7) is 3.31. The molecule has 0 heterocycles. The van der Waals surface area contributed by atoms with Gasteiger partial charge in [-0.25, -0.2) is 0 Å². The van der Waals surface area contributed by atoms with Crippen LogP contribution in [0.5, 0.6) is 11.5 Å². The van der Waals surface area contributed by atoms with Crippen LogP contribution in [0.3, 0.4) is 0 Å². The summed E-state index contributed by atoms with van der Waals surface area (Å²) in [6, 6.07) is 9.12. The summed E-state index contributed by atoms with van der Waals surface area (Å²) in [5.41, 5.74) is 0.300. The van der Waals surface area contributed by atoms with E-state index >= 15 is 0 Å². The average Bonchev–Trinajstić information content (AvgIpc) is 2.60. The van der Waals surface area contributed by atoms with Crippen LogP contribution in [0.15, 0.2) is 36.4 Å². The molecule has 0 atom stereocenters. The Morgan fingerprint density at radius 1 is 1.12 bits per heavy atom. The third-order valence-electron chi connectivity index (χ3n) is 3.72. The van der Waals surface area contributed by atoms with Crippen LogP contribution in [-0.4, -0.2) is 5.97 Å². The molecule has 3 nitrogen and oxygen atoms in total. The molecule has 0 aliphatic rings. The third-order valence-corrected chi connectivity index (χ3v) is 4.73. The van der Waals surface area contributed by atoms with Crippen molar-refractivity contribution in [3.8, 4) is 11.5 Å². The zero-order valence-corrected chi connectivity index (χ0v) is 16.5. The van der Waals surface area contributed by atoms with Crippen molar-refractivity contribution in [2.75, 3.05) is 0 Å². The number of hydrogen-bond acceptors (Lipinski definition) is 3. The summed E-state index contributed by atoms with van der Waals surface area (Å²) in [5, 5.41) is 0. The fraction of sp³-hybridized carbons (Fsp3) is 0.316. The molecular formula is C19H18F3IO3. The maximum Gasteiger partial charge on any atom is 0.419 e. The molecule has 0 N–H and O–H groups in total. The van der Waals surface area contributed by atoms with Gasteiger partial charge in [-0.2, -0.15) is 13.2 Å². The van der Waals surface area contributed by atoms with Gasteiger partial charge in [0.15, 0.2) is 0 Å². The lowest BCUT2D eigenvalue weighted by Gasteiger charge is -2.17. The molecular weight excluding hydrogens is 460 g/mol. The van der Waals surface area contributed by atoms with Gasteiger partial charge in [-0.15, -0.1) is 0 Å². The quantitative estimate of drug-likeness (QED) is 0.301. The van der Waals surface area contributed by atoms with Crippen molar-refractivity contribution in [2.24, 2.45) is 0 Å². The molecule has 0 unspecified atom stereocenters. The Kier molecular flexibility index (Phi) is 6.91. The van der Waals surface area contributed by atoms with Crippen LogP contribution in [0.4, 0.5) is 13.2 Å². The van der Waals surface area contributed by atoms with Gasteiger partial charge in [0.05, 0.1) is 5.56 Å². The Morgan fingerprint density at radius 2 is 1.85 bits per heavy atom. The van der Waals surface area contributed by atoms with Gasteiger partial charge in [-0.1, -0.05) is 26.0 Å². The minimum atomic E-state index is -4.51. The molecule has 2 rings (SSSR count). The summed E-state index contributed by atoms with van der Waals surface area (Å²) >= 11 is 2.03. The van der Waals surface area contributed by atoms with Crippen molar-refractivity contribution >= 4 is 28.6 Å². The summed E-state index contributed by atoms with van der Waals surface area (Å²) < 4.78 is 51.4. The molecule has 0 amide bonds. The van der Waals surface area contributed by atoms with Crippen molar-refractivity contribution in [3.63, 3.8) is 0 Å². The highest BCUT2D eigenvalue weighted by molar-refractivity contribution is 14.1. The molecule has 0 fully saturated rings. The lowest BCUT2D eigenvalue weighted by atomic mass is 10.1. The van der Waals surface area contributed by atoms with Gasteiger partial charge < -0.3 is 9.47 Å². The Balaban J connectivity index is 2.31. The first-order chi connectivity index (χ1) is 12.3. The van der Waals surface area contributed by atoms with Crippen molar-refractivity contribution < 1.29 is 27.4 Å². The number of carbonyl (C=O) groups is 1. The van der Waals surface area contributed by atoms with Crippen LogP contribution in [0.2, 0.25) is 0 Å². The zero-order valence-electron chi connectivity index (χ0n) is 14.3. The highest BCUT2D eigenvalue weighted by Gasteiger charge is 2.34. The number of carbonyl (C=O) groups excluding carboxylic acids is 1. The number of halogens is 4. The van der Waals surface area contributed by atoms with E-state index in [1.807, 2.05) is 22.6 Å². The zero-order chi connectivity index (χ0) is 19.3. The largest absolute Gasteiger partial charge is 0.488 e. The van der Waals surface area contributed by atoms with Crippen LogP contribution in [0.25, 0.3) is 0 Å². The molecule has 0 aromatic heterocycles.